The SMILES string of the molecule is O=C(Nc1ccc(S(=O)(=O)N(C2CCCCC2)C2CCCCC2)cc1)C1CC(=O)N(c2ccccc2)C1. The number of anilines is 2. The summed E-state index contributed by atoms with van der Waals surface area (Å²) in [5.74, 6) is -0.754. The second-order valence-electron chi connectivity index (χ2n) is 10.7. The van der Waals surface area contributed by atoms with E-state index in [-0.39, 0.29) is 35.2 Å². The zero-order chi connectivity index (χ0) is 25.8. The number of nitrogens with one attached hydrogen (secondary N) is 1. The van der Waals surface area contributed by atoms with Crippen LogP contribution >= 0.6 is 0 Å². The molecule has 3 fully saturated rings. The van der Waals surface area contributed by atoms with Gasteiger partial charge < -0.3 is 10.2 Å². The van der Waals surface area contributed by atoms with Crippen LogP contribution in [-0.2, 0) is 19.6 Å². The summed E-state index contributed by atoms with van der Waals surface area (Å²) < 4.78 is 29.6. The molecule has 0 radical (unpaired) electrons. The fourth-order valence-corrected chi connectivity index (χ4v) is 8.11. The normalized spacial score (nSPS) is 21.9. The number of sulfonamides is 1. The Morgan fingerprint density at radius 2 is 1.38 bits per heavy atom. The minimum atomic E-state index is -3.64. The molecule has 2 aromatic carbocycles. The highest BCUT2D eigenvalue weighted by Crippen LogP contribution is 2.35. The monoisotopic (exact) mass is 523 g/mol. The van der Waals surface area contributed by atoms with E-state index in [1.54, 1.807) is 29.2 Å². The van der Waals surface area contributed by atoms with Gasteiger partial charge in [0, 0.05) is 36.4 Å². The smallest absolute Gasteiger partial charge is 0.243 e. The van der Waals surface area contributed by atoms with Crippen LogP contribution in [0.3, 0.4) is 0 Å². The minimum absolute atomic E-state index is 0.0710. The molecule has 2 amide bonds. The van der Waals surface area contributed by atoms with E-state index in [0.29, 0.717) is 12.2 Å². The Morgan fingerprint density at radius 1 is 0.811 bits per heavy atom. The molecule has 5 rings (SSSR count). The Balaban J connectivity index is 1.28. The highest BCUT2D eigenvalue weighted by molar-refractivity contribution is 7.89. The van der Waals surface area contributed by atoms with Gasteiger partial charge in [-0.25, -0.2) is 8.42 Å². The molecule has 1 heterocycles. The first-order valence-electron chi connectivity index (χ1n) is 13.7. The molecule has 3 aliphatic rings. The van der Waals surface area contributed by atoms with Crippen molar-refractivity contribution in [2.45, 2.75) is 87.6 Å². The van der Waals surface area contributed by atoms with Crippen molar-refractivity contribution in [3.05, 3.63) is 54.6 Å². The van der Waals surface area contributed by atoms with E-state index in [4.69, 9.17) is 0 Å². The first kappa shape index (κ1) is 25.9. The molecule has 2 aromatic rings. The van der Waals surface area contributed by atoms with Crippen LogP contribution in [0.15, 0.2) is 59.5 Å². The Bertz CT molecular complexity index is 1170. The van der Waals surface area contributed by atoms with Crippen LogP contribution in [0.5, 0.6) is 0 Å². The van der Waals surface area contributed by atoms with Crippen molar-refractivity contribution < 1.29 is 18.0 Å². The lowest BCUT2D eigenvalue weighted by atomic mass is 9.91. The van der Waals surface area contributed by atoms with E-state index in [2.05, 4.69) is 5.32 Å². The Hall–Kier alpha value is -2.71. The van der Waals surface area contributed by atoms with Gasteiger partial charge in [0.05, 0.1) is 10.8 Å². The molecule has 1 unspecified atom stereocenters. The van der Waals surface area contributed by atoms with Gasteiger partial charge in [-0.3, -0.25) is 9.59 Å². The standard InChI is InChI=1S/C29H37N3O4S/c33-28-20-22(21-31(28)24-10-4-1-5-11-24)29(34)30-23-16-18-27(19-17-23)37(35,36)32(25-12-6-2-7-13-25)26-14-8-3-9-15-26/h1,4-5,10-11,16-19,22,25-26H,2-3,6-9,12-15,20-21H2,(H,30,34). The van der Waals surface area contributed by atoms with Crippen LogP contribution in [0.1, 0.15) is 70.6 Å². The van der Waals surface area contributed by atoms with Gasteiger partial charge >= 0.3 is 0 Å². The molecule has 2 saturated carbocycles. The lowest BCUT2D eigenvalue weighted by Crippen LogP contribution is -2.48. The van der Waals surface area contributed by atoms with Gasteiger partial charge in [0.15, 0.2) is 0 Å². The number of carbonyl (C=O) groups is 2. The largest absolute Gasteiger partial charge is 0.326 e. The van der Waals surface area contributed by atoms with Gasteiger partial charge in [-0.2, -0.15) is 4.31 Å². The maximum Gasteiger partial charge on any atom is 0.243 e. The van der Waals surface area contributed by atoms with Crippen LogP contribution in [0.4, 0.5) is 11.4 Å². The van der Waals surface area contributed by atoms with Crippen LogP contribution in [0, 0.1) is 5.92 Å². The molecule has 7 nitrogen and oxygen atoms in total. The summed E-state index contributed by atoms with van der Waals surface area (Å²) in [6.45, 7) is 0.332. The molecule has 0 bridgehead atoms. The molecular formula is C29H37N3O4S. The quantitative estimate of drug-likeness (QED) is 0.531. The van der Waals surface area contributed by atoms with Gasteiger partial charge in [0.1, 0.15) is 0 Å². The average molecular weight is 524 g/mol. The Labute approximate surface area is 220 Å². The predicted molar refractivity (Wildman–Crippen MR) is 145 cm³/mol. The lowest BCUT2D eigenvalue weighted by molar-refractivity contribution is -0.122. The van der Waals surface area contributed by atoms with E-state index in [9.17, 15) is 18.0 Å². The van der Waals surface area contributed by atoms with Crippen molar-refractivity contribution in [3.63, 3.8) is 0 Å². The van der Waals surface area contributed by atoms with Crippen LogP contribution in [0.2, 0.25) is 0 Å². The zero-order valence-electron chi connectivity index (χ0n) is 21.3. The van der Waals surface area contributed by atoms with E-state index >= 15 is 0 Å². The summed E-state index contributed by atoms with van der Waals surface area (Å²) in [7, 11) is -3.64. The second kappa shape index (κ2) is 11.4. The van der Waals surface area contributed by atoms with Gasteiger partial charge in [-0.05, 0) is 62.1 Å². The Morgan fingerprint density at radius 3 is 1.95 bits per heavy atom. The lowest BCUT2D eigenvalue weighted by Gasteiger charge is -2.40. The highest BCUT2D eigenvalue weighted by Gasteiger charge is 2.38. The topological polar surface area (TPSA) is 86.8 Å². The summed E-state index contributed by atoms with van der Waals surface area (Å²) in [6.07, 6.45) is 10.6. The van der Waals surface area contributed by atoms with Crippen molar-refractivity contribution in [1.82, 2.24) is 4.31 Å². The van der Waals surface area contributed by atoms with Crippen LogP contribution < -0.4 is 10.2 Å². The number of nitrogens with zero attached hydrogens (tertiary/aromatic N) is 2. The molecule has 1 aliphatic heterocycles. The maximum atomic E-state index is 13.9. The summed E-state index contributed by atoms with van der Waals surface area (Å²) in [5.41, 5.74) is 1.33. The number of rotatable bonds is 7. The van der Waals surface area contributed by atoms with Crippen molar-refractivity contribution in [2.24, 2.45) is 5.92 Å². The fraction of sp³-hybridized carbons (Fsp3) is 0.517. The number of benzene rings is 2. The third-order valence-corrected chi connectivity index (χ3v) is 10.1. The summed E-state index contributed by atoms with van der Waals surface area (Å²) >= 11 is 0. The number of hydrogen-bond donors (Lipinski definition) is 1. The molecule has 1 saturated heterocycles. The van der Waals surface area contributed by atoms with Crippen molar-refractivity contribution in [2.75, 3.05) is 16.8 Å². The van der Waals surface area contributed by atoms with Crippen LogP contribution in [-0.4, -0.2) is 43.2 Å². The molecule has 0 spiro atoms. The zero-order valence-corrected chi connectivity index (χ0v) is 22.2. The molecule has 198 valence electrons. The van der Waals surface area contributed by atoms with Gasteiger partial charge in [0.25, 0.3) is 0 Å². The first-order valence-corrected chi connectivity index (χ1v) is 15.2. The van der Waals surface area contributed by atoms with Crippen molar-refractivity contribution in [1.29, 1.82) is 0 Å². The van der Waals surface area contributed by atoms with Gasteiger partial charge in [-0.1, -0.05) is 56.7 Å². The first-order chi connectivity index (χ1) is 17.9. The molecule has 0 aromatic heterocycles. The summed E-state index contributed by atoms with van der Waals surface area (Å²) in [4.78, 5) is 27.3. The minimum Gasteiger partial charge on any atom is -0.326 e. The maximum absolute atomic E-state index is 13.9. The number of para-hydroxylation sites is 1. The average Bonchev–Trinajstić information content (AvgIpc) is 3.32. The Kier molecular flexibility index (Phi) is 7.95. The van der Waals surface area contributed by atoms with E-state index in [1.165, 1.54) is 12.8 Å². The molecule has 1 atom stereocenters. The molecule has 37 heavy (non-hydrogen) atoms. The fourth-order valence-electron chi connectivity index (χ4n) is 6.18. The van der Waals surface area contributed by atoms with Crippen molar-refractivity contribution in [3.8, 4) is 0 Å². The third-order valence-electron chi connectivity index (χ3n) is 8.13. The number of hydrogen-bond acceptors (Lipinski definition) is 4. The summed E-state index contributed by atoms with van der Waals surface area (Å²) in [6, 6.07) is 16.1. The van der Waals surface area contributed by atoms with Crippen molar-refractivity contribution >= 4 is 33.2 Å². The van der Waals surface area contributed by atoms with E-state index in [0.717, 1.165) is 57.1 Å². The van der Waals surface area contributed by atoms with E-state index < -0.39 is 15.9 Å². The molecular weight excluding hydrogens is 486 g/mol. The predicted octanol–water partition coefficient (Wildman–Crippen LogP) is 5.33. The second-order valence-corrected chi connectivity index (χ2v) is 12.5. The van der Waals surface area contributed by atoms with Crippen LogP contribution in [0.25, 0.3) is 0 Å². The number of amides is 2. The van der Waals surface area contributed by atoms with Gasteiger partial charge in [0.2, 0.25) is 21.8 Å². The molecule has 8 heteroatoms. The van der Waals surface area contributed by atoms with Gasteiger partial charge in [-0.15, -0.1) is 0 Å². The molecule has 1 N–H and O–H groups in total. The summed E-state index contributed by atoms with van der Waals surface area (Å²) in [5, 5.41) is 2.88. The third kappa shape index (κ3) is 5.75. The number of carbonyl (C=O) groups excluding carboxylic acids is 2. The highest BCUT2D eigenvalue weighted by atomic mass is 32.2. The molecule has 2 aliphatic carbocycles. The van der Waals surface area contributed by atoms with E-state index in [1.807, 2.05) is 34.6 Å².